The maximum Gasteiger partial charge on any atom is 0.325 e. The number of esters is 1. The Morgan fingerprint density at radius 3 is 2.62 bits per heavy atom. The fourth-order valence-corrected chi connectivity index (χ4v) is 3.75. The van der Waals surface area contributed by atoms with Gasteiger partial charge in [0.25, 0.3) is 5.56 Å². The Hall–Kier alpha value is -2.35. The third kappa shape index (κ3) is 6.88. The van der Waals surface area contributed by atoms with Crippen molar-refractivity contribution in [1.29, 1.82) is 0 Å². The molecule has 7 nitrogen and oxygen atoms in total. The largest absolute Gasteiger partial charge is 0.468 e. The van der Waals surface area contributed by atoms with Crippen molar-refractivity contribution in [1.82, 2.24) is 14.9 Å². The molecule has 1 atom stereocenters. The molecule has 0 aliphatic rings. The van der Waals surface area contributed by atoms with Crippen LogP contribution in [0.25, 0.3) is 10.9 Å². The van der Waals surface area contributed by atoms with E-state index in [0.29, 0.717) is 22.0 Å². The Balaban J connectivity index is 2.09. The van der Waals surface area contributed by atoms with Crippen molar-refractivity contribution in [3.05, 3.63) is 34.6 Å². The quantitative estimate of drug-likeness (QED) is 0.362. The number of hydrogen-bond donors (Lipinski definition) is 1. The first-order chi connectivity index (χ1) is 13.8. The lowest BCUT2D eigenvalue weighted by Crippen LogP contribution is -2.34. The van der Waals surface area contributed by atoms with Crippen LogP contribution in [-0.4, -0.2) is 40.3 Å². The lowest BCUT2D eigenvalue weighted by Gasteiger charge is -2.15. The van der Waals surface area contributed by atoms with E-state index in [9.17, 15) is 14.4 Å². The van der Waals surface area contributed by atoms with Crippen molar-refractivity contribution >= 4 is 34.5 Å². The molecule has 0 saturated heterocycles. The molecule has 1 aromatic carbocycles. The smallest absolute Gasteiger partial charge is 0.325 e. The summed E-state index contributed by atoms with van der Waals surface area (Å²) < 4.78 is 5.96. The summed E-state index contributed by atoms with van der Waals surface area (Å²) in [4.78, 5) is 41.4. The molecule has 0 spiro atoms. The van der Waals surface area contributed by atoms with Gasteiger partial charge in [0.2, 0.25) is 5.91 Å². The highest BCUT2D eigenvalue weighted by Gasteiger charge is 2.16. The van der Waals surface area contributed by atoms with Crippen LogP contribution >= 0.6 is 11.8 Å². The Morgan fingerprint density at radius 1 is 1.21 bits per heavy atom. The van der Waals surface area contributed by atoms with Gasteiger partial charge in [-0.25, -0.2) is 4.98 Å². The number of carbonyl (C=O) groups is 2. The summed E-state index contributed by atoms with van der Waals surface area (Å²) in [7, 11) is 1.27. The monoisotopic (exact) mass is 419 g/mol. The predicted octanol–water partition coefficient (Wildman–Crippen LogP) is 2.99. The third-order valence-corrected chi connectivity index (χ3v) is 5.48. The van der Waals surface area contributed by atoms with Gasteiger partial charge < -0.3 is 10.1 Å². The fraction of sp³-hybridized carbons (Fsp3) is 0.524. The molecule has 0 fully saturated rings. The maximum absolute atomic E-state index is 12.8. The van der Waals surface area contributed by atoms with Crippen molar-refractivity contribution in [3.8, 4) is 0 Å². The van der Waals surface area contributed by atoms with E-state index >= 15 is 0 Å². The molecule has 8 heteroatoms. The van der Waals surface area contributed by atoms with Crippen LogP contribution in [0.4, 0.5) is 0 Å². The standard InChI is InChI=1S/C21H29N3O4S/c1-14(2)8-7-9-15(3)22-18(25)13-29-21-23-17-11-6-5-10-16(17)20(27)24(21)12-19(26)28-4/h5-6,10-11,14-15H,7-9,12-13H2,1-4H3,(H,22,25). The molecule has 0 aliphatic heterocycles. The summed E-state index contributed by atoms with van der Waals surface area (Å²) in [5.74, 6) is 0.0906. The molecular weight excluding hydrogens is 390 g/mol. The number of methoxy groups -OCH3 is 1. The highest BCUT2D eigenvalue weighted by Crippen LogP contribution is 2.18. The van der Waals surface area contributed by atoms with Crippen molar-refractivity contribution in [2.75, 3.05) is 12.9 Å². The van der Waals surface area contributed by atoms with Crippen LogP contribution in [0.3, 0.4) is 0 Å². The number of aromatic nitrogens is 2. The number of nitrogens with one attached hydrogen (secondary N) is 1. The van der Waals surface area contributed by atoms with Crippen molar-refractivity contribution in [2.45, 2.75) is 57.8 Å². The molecule has 1 N–H and O–H groups in total. The van der Waals surface area contributed by atoms with Crippen LogP contribution in [-0.2, 0) is 20.9 Å². The van der Waals surface area contributed by atoms with Gasteiger partial charge in [-0.15, -0.1) is 0 Å². The van der Waals surface area contributed by atoms with Crippen LogP contribution in [0.15, 0.2) is 34.2 Å². The van der Waals surface area contributed by atoms with Crippen LogP contribution in [0.2, 0.25) is 0 Å². The topological polar surface area (TPSA) is 90.3 Å². The molecule has 2 rings (SSSR count). The van der Waals surface area contributed by atoms with Crippen molar-refractivity contribution in [2.24, 2.45) is 5.92 Å². The van der Waals surface area contributed by atoms with Gasteiger partial charge in [0.15, 0.2) is 5.16 Å². The molecule has 0 bridgehead atoms. The Kier molecular flexibility index (Phi) is 8.70. The van der Waals surface area contributed by atoms with E-state index in [0.717, 1.165) is 31.0 Å². The Labute approximate surface area is 175 Å². The zero-order valence-electron chi connectivity index (χ0n) is 17.4. The van der Waals surface area contributed by atoms with Gasteiger partial charge in [-0.2, -0.15) is 0 Å². The minimum absolute atomic E-state index is 0.0867. The molecule has 2 aromatic rings. The second kappa shape index (κ2) is 11.0. The highest BCUT2D eigenvalue weighted by molar-refractivity contribution is 7.99. The van der Waals surface area contributed by atoms with Gasteiger partial charge in [0, 0.05) is 6.04 Å². The Morgan fingerprint density at radius 2 is 1.93 bits per heavy atom. The number of thioether (sulfide) groups is 1. The highest BCUT2D eigenvalue weighted by atomic mass is 32.2. The second-order valence-electron chi connectivity index (χ2n) is 7.46. The van der Waals surface area contributed by atoms with Crippen molar-refractivity contribution in [3.63, 3.8) is 0 Å². The molecule has 1 heterocycles. The van der Waals surface area contributed by atoms with E-state index in [4.69, 9.17) is 4.74 Å². The molecular formula is C21H29N3O4S. The van der Waals surface area contributed by atoms with Gasteiger partial charge in [-0.3, -0.25) is 19.0 Å². The average Bonchev–Trinajstić information content (AvgIpc) is 2.68. The third-order valence-electron chi connectivity index (χ3n) is 4.50. The lowest BCUT2D eigenvalue weighted by molar-refractivity contribution is -0.141. The van der Waals surface area contributed by atoms with Crippen molar-refractivity contribution < 1.29 is 14.3 Å². The van der Waals surface area contributed by atoms with E-state index in [1.165, 1.54) is 11.7 Å². The molecule has 1 amide bonds. The van der Waals surface area contributed by atoms with Crippen LogP contribution in [0.1, 0.15) is 40.0 Å². The number of carbonyl (C=O) groups excluding carboxylic acids is 2. The van der Waals surface area contributed by atoms with E-state index in [2.05, 4.69) is 24.1 Å². The number of ether oxygens (including phenoxy) is 1. The fourth-order valence-electron chi connectivity index (χ4n) is 2.94. The molecule has 158 valence electrons. The van der Waals surface area contributed by atoms with Crippen LogP contribution < -0.4 is 10.9 Å². The summed E-state index contributed by atoms with van der Waals surface area (Å²) in [6.07, 6.45) is 3.13. The summed E-state index contributed by atoms with van der Waals surface area (Å²) >= 11 is 1.14. The van der Waals surface area contributed by atoms with Crippen LogP contribution in [0, 0.1) is 5.92 Å². The number of nitrogens with zero attached hydrogens (tertiary/aromatic N) is 2. The summed E-state index contributed by atoms with van der Waals surface area (Å²) in [5, 5.41) is 3.72. The average molecular weight is 420 g/mol. The summed E-state index contributed by atoms with van der Waals surface area (Å²) in [6.45, 7) is 6.11. The van der Waals surface area contributed by atoms with E-state index in [-0.39, 0.29) is 29.8 Å². The number of amides is 1. The number of benzene rings is 1. The van der Waals surface area contributed by atoms with Gasteiger partial charge in [0.05, 0.1) is 23.8 Å². The number of para-hydroxylation sites is 1. The zero-order chi connectivity index (χ0) is 21.4. The predicted molar refractivity (Wildman–Crippen MR) is 115 cm³/mol. The molecule has 0 aliphatic carbocycles. The maximum atomic E-state index is 12.8. The van der Waals surface area contributed by atoms with Gasteiger partial charge in [-0.1, -0.05) is 50.6 Å². The lowest BCUT2D eigenvalue weighted by atomic mass is 10.0. The van der Waals surface area contributed by atoms with E-state index in [1.807, 2.05) is 6.92 Å². The molecule has 1 aromatic heterocycles. The number of hydrogen-bond acceptors (Lipinski definition) is 6. The summed E-state index contributed by atoms with van der Waals surface area (Å²) in [6, 6.07) is 7.02. The first-order valence-electron chi connectivity index (χ1n) is 9.80. The second-order valence-corrected chi connectivity index (χ2v) is 8.40. The van der Waals surface area contributed by atoms with Gasteiger partial charge in [0.1, 0.15) is 6.54 Å². The first-order valence-corrected chi connectivity index (χ1v) is 10.8. The van der Waals surface area contributed by atoms with Gasteiger partial charge in [-0.05, 0) is 31.4 Å². The first kappa shape index (κ1) is 22.9. The number of fused-ring (bicyclic) bond motifs is 1. The molecule has 0 radical (unpaired) electrons. The number of rotatable bonds is 10. The normalized spacial score (nSPS) is 12.2. The molecule has 0 saturated carbocycles. The SMILES string of the molecule is COC(=O)Cn1c(SCC(=O)NC(C)CCCC(C)C)nc2ccccc2c1=O. The minimum atomic E-state index is -0.547. The summed E-state index contributed by atoms with van der Waals surface area (Å²) in [5.41, 5.74) is 0.203. The molecule has 1 unspecified atom stereocenters. The van der Waals surface area contributed by atoms with Gasteiger partial charge >= 0.3 is 5.97 Å². The van der Waals surface area contributed by atoms with E-state index < -0.39 is 5.97 Å². The minimum Gasteiger partial charge on any atom is -0.468 e. The van der Waals surface area contributed by atoms with E-state index in [1.54, 1.807) is 24.3 Å². The Bertz CT molecular complexity index is 910. The molecule has 29 heavy (non-hydrogen) atoms. The van der Waals surface area contributed by atoms with Crippen LogP contribution in [0.5, 0.6) is 0 Å². The zero-order valence-corrected chi connectivity index (χ0v) is 18.3.